The minimum Gasteiger partial charge on any atom is -0.478 e. The van der Waals surface area contributed by atoms with E-state index in [9.17, 15) is 15.0 Å². The van der Waals surface area contributed by atoms with Crippen LogP contribution in [0.2, 0.25) is 0 Å². The van der Waals surface area contributed by atoms with E-state index in [1.54, 1.807) is 19.1 Å². The molecular weight excluding hydrogens is 268 g/mol. The summed E-state index contributed by atoms with van der Waals surface area (Å²) in [5.41, 5.74) is 1.59. The molecule has 0 aliphatic rings. The summed E-state index contributed by atoms with van der Waals surface area (Å²) in [6.45, 7) is 7.79. The van der Waals surface area contributed by atoms with Gasteiger partial charge in [0.1, 0.15) is 5.82 Å². The highest BCUT2D eigenvalue weighted by atomic mass is 16.4. The third kappa shape index (κ3) is 2.93. The molecule has 0 spiro atoms. The number of benzene rings is 1. The molecule has 0 aliphatic heterocycles. The largest absolute Gasteiger partial charge is 0.478 e. The first kappa shape index (κ1) is 15.5. The Hall–Kier alpha value is -1.88. The van der Waals surface area contributed by atoms with E-state index in [0.717, 1.165) is 5.82 Å². The molecule has 0 aliphatic carbocycles. The Morgan fingerprint density at radius 1 is 1.29 bits per heavy atom. The first-order valence-corrected chi connectivity index (χ1v) is 7.25. The normalized spacial score (nSPS) is 14.6. The second-order valence-electron chi connectivity index (χ2n) is 5.91. The number of rotatable bonds is 5. The number of carbonyl (C=O) groups is 1. The predicted molar refractivity (Wildman–Crippen MR) is 81.8 cm³/mol. The first-order chi connectivity index (χ1) is 9.82. The summed E-state index contributed by atoms with van der Waals surface area (Å²) in [6.07, 6.45) is 0.105. The molecule has 2 N–H and O–H groups in total. The molecule has 5 heteroatoms. The molecule has 1 heterocycles. The summed E-state index contributed by atoms with van der Waals surface area (Å²) in [7, 11) is 0. The van der Waals surface area contributed by atoms with Gasteiger partial charge in [-0.15, -0.1) is 0 Å². The van der Waals surface area contributed by atoms with Crippen LogP contribution in [0.4, 0.5) is 0 Å². The zero-order chi connectivity index (χ0) is 15.7. The summed E-state index contributed by atoms with van der Waals surface area (Å²) >= 11 is 0. The van der Waals surface area contributed by atoms with Gasteiger partial charge in [0.25, 0.3) is 0 Å². The Kier molecular flexibility index (Phi) is 4.32. The van der Waals surface area contributed by atoms with Gasteiger partial charge in [0, 0.05) is 12.0 Å². The molecule has 0 radical (unpaired) electrons. The van der Waals surface area contributed by atoms with Gasteiger partial charge in [-0.05, 0) is 32.4 Å². The molecule has 0 saturated heterocycles. The van der Waals surface area contributed by atoms with Crippen molar-refractivity contribution in [1.29, 1.82) is 0 Å². The molecule has 0 bridgehead atoms. The van der Waals surface area contributed by atoms with Crippen molar-refractivity contribution in [2.24, 2.45) is 0 Å². The molecule has 114 valence electrons. The number of carboxylic acid groups (broad SMARTS) is 1. The van der Waals surface area contributed by atoms with E-state index in [4.69, 9.17) is 0 Å². The third-order valence-corrected chi connectivity index (χ3v) is 3.61. The van der Waals surface area contributed by atoms with Crippen LogP contribution in [0.25, 0.3) is 11.0 Å². The van der Waals surface area contributed by atoms with Gasteiger partial charge in [0.15, 0.2) is 0 Å². The molecular formula is C16H22N2O3. The number of nitrogens with zero attached hydrogens (tertiary/aromatic N) is 2. The number of imidazole rings is 1. The molecule has 0 fully saturated rings. The number of aromatic carboxylic acids is 1. The zero-order valence-electron chi connectivity index (χ0n) is 12.9. The summed E-state index contributed by atoms with van der Waals surface area (Å²) in [5.74, 6) is 0.0728. The molecule has 2 rings (SSSR count). The standard InChI is InChI=1S/C16H22N2O3/c1-9(2)15-17-13-7-5-6-12(16(20)21)14(13)18(15)10(3)8-11(4)19/h5-7,9-11,19H,8H2,1-4H3,(H,20,21). The maximum Gasteiger partial charge on any atom is 0.337 e. The SMILES string of the molecule is CC(O)CC(C)n1c(C(C)C)nc2cccc(C(=O)O)c21. The van der Waals surface area contributed by atoms with Crippen molar-refractivity contribution in [3.63, 3.8) is 0 Å². The van der Waals surface area contributed by atoms with E-state index in [-0.39, 0.29) is 17.5 Å². The lowest BCUT2D eigenvalue weighted by molar-refractivity contribution is 0.0698. The molecule has 2 atom stereocenters. The molecule has 0 saturated carbocycles. The lowest BCUT2D eigenvalue weighted by Crippen LogP contribution is -2.16. The molecule has 5 nitrogen and oxygen atoms in total. The quantitative estimate of drug-likeness (QED) is 0.886. The van der Waals surface area contributed by atoms with Gasteiger partial charge in [0.05, 0.1) is 22.7 Å². The average Bonchev–Trinajstić information content (AvgIpc) is 2.76. The van der Waals surface area contributed by atoms with Crippen LogP contribution in [0.5, 0.6) is 0 Å². The summed E-state index contributed by atoms with van der Waals surface area (Å²) < 4.78 is 1.97. The fourth-order valence-corrected chi connectivity index (χ4v) is 2.79. The average molecular weight is 290 g/mol. The van der Waals surface area contributed by atoms with Crippen molar-refractivity contribution in [1.82, 2.24) is 9.55 Å². The topological polar surface area (TPSA) is 75.3 Å². The highest BCUT2D eigenvalue weighted by molar-refractivity contribution is 6.01. The summed E-state index contributed by atoms with van der Waals surface area (Å²) in [5, 5.41) is 19.1. The number of fused-ring (bicyclic) bond motifs is 1. The maximum absolute atomic E-state index is 11.5. The number of hydrogen-bond donors (Lipinski definition) is 2. The van der Waals surface area contributed by atoms with Crippen LogP contribution in [-0.2, 0) is 0 Å². The van der Waals surface area contributed by atoms with Gasteiger partial charge in [-0.1, -0.05) is 19.9 Å². The van der Waals surface area contributed by atoms with Crippen LogP contribution in [0.3, 0.4) is 0 Å². The smallest absolute Gasteiger partial charge is 0.337 e. The number of aliphatic hydroxyl groups is 1. The van der Waals surface area contributed by atoms with Crippen molar-refractivity contribution in [3.05, 3.63) is 29.6 Å². The van der Waals surface area contributed by atoms with Crippen molar-refractivity contribution in [3.8, 4) is 0 Å². The molecule has 1 aromatic heterocycles. The van der Waals surface area contributed by atoms with Crippen molar-refractivity contribution in [2.45, 2.75) is 52.2 Å². The number of aliphatic hydroxyl groups excluding tert-OH is 1. The van der Waals surface area contributed by atoms with Crippen LogP contribution in [0.15, 0.2) is 18.2 Å². The number of para-hydroxylation sites is 1. The van der Waals surface area contributed by atoms with Gasteiger partial charge < -0.3 is 14.8 Å². The minimum atomic E-state index is -0.957. The highest BCUT2D eigenvalue weighted by Crippen LogP contribution is 2.30. The zero-order valence-corrected chi connectivity index (χ0v) is 12.9. The second-order valence-corrected chi connectivity index (χ2v) is 5.91. The van der Waals surface area contributed by atoms with Crippen LogP contribution < -0.4 is 0 Å². The lowest BCUT2D eigenvalue weighted by Gasteiger charge is -2.21. The Morgan fingerprint density at radius 2 is 1.95 bits per heavy atom. The molecule has 1 aromatic carbocycles. The van der Waals surface area contributed by atoms with E-state index in [1.165, 1.54) is 0 Å². The van der Waals surface area contributed by atoms with E-state index >= 15 is 0 Å². The van der Waals surface area contributed by atoms with Crippen molar-refractivity contribution < 1.29 is 15.0 Å². The maximum atomic E-state index is 11.5. The summed E-state index contributed by atoms with van der Waals surface area (Å²) in [6, 6.07) is 5.13. The van der Waals surface area contributed by atoms with E-state index in [0.29, 0.717) is 17.5 Å². The monoisotopic (exact) mass is 290 g/mol. The molecule has 2 aromatic rings. The van der Waals surface area contributed by atoms with Crippen molar-refractivity contribution in [2.75, 3.05) is 0 Å². The van der Waals surface area contributed by atoms with Gasteiger partial charge in [0.2, 0.25) is 0 Å². The number of aromatic nitrogens is 2. The Balaban J connectivity index is 2.74. The fraction of sp³-hybridized carbons (Fsp3) is 0.500. The number of hydrogen-bond acceptors (Lipinski definition) is 3. The Bertz CT molecular complexity index is 659. The fourth-order valence-electron chi connectivity index (χ4n) is 2.79. The van der Waals surface area contributed by atoms with E-state index < -0.39 is 12.1 Å². The lowest BCUT2D eigenvalue weighted by atomic mass is 10.1. The van der Waals surface area contributed by atoms with Gasteiger partial charge in [-0.3, -0.25) is 0 Å². The Morgan fingerprint density at radius 3 is 2.48 bits per heavy atom. The van der Waals surface area contributed by atoms with E-state index in [2.05, 4.69) is 4.98 Å². The second kappa shape index (κ2) is 5.85. The number of carboxylic acids is 1. The minimum absolute atomic E-state index is 0.0205. The molecule has 0 amide bonds. The molecule has 2 unspecified atom stereocenters. The van der Waals surface area contributed by atoms with E-state index in [1.807, 2.05) is 31.4 Å². The summed E-state index contributed by atoms with van der Waals surface area (Å²) in [4.78, 5) is 16.1. The van der Waals surface area contributed by atoms with Crippen LogP contribution in [0.1, 0.15) is 62.3 Å². The van der Waals surface area contributed by atoms with Gasteiger partial charge in [-0.2, -0.15) is 0 Å². The molecule has 21 heavy (non-hydrogen) atoms. The third-order valence-electron chi connectivity index (χ3n) is 3.61. The highest BCUT2D eigenvalue weighted by Gasteiger charge is 2.23. The predicted octanol–water partition coefficient (Wildman–Crippen LogP) is 3.19. The van der Waals surface area contributed by atoms with Gasteiger partial charge >= 0.3 is 5.97 Å². The first-order valence-electron chi connectivity index (χ1n) is 7.25. The van der Waals surface area contributed by atoms with Crippen LogP contribution >= 0.6 is 0 Å². The van der Waals surface area contributed by atoms with Crippen molar-refractivity contribution >= 4 is 17.0 Å². The Labute approximate surface area is 124 Å². The van der Waals surface area contributed by atoms with Crippen LogP contribution in [-0.4, -0.2) is 31.8 Å². The van der Waals surface area contributed by atoms with Gasteiger partial charge in [-0.25, -0.2) is 9.78 Å². The van der Waals surface area contributed by atoms with Crippen LogP contribution in [0, 0.1) is 0 Å².